The maximum absolute atomic E-state index is 12.4. The van der Waals surface area contributed by atoms with Crippen LogP contribution < -0.4 is 5.69 Å². The lowest BCUT2D eigenvalue weighted by molar-refractivity contribution is 0.597. The number of aromatic nitrogens is 2. The lowest BCUT2D eigenvalue weighted by Gasteiger charge is -2.02. The first-order valence-electron chi connectivity index (χ1n) is 6.59. The molecule has 0 bridgehead atoms. The van der Waals surface area contributed by atoms with Gasteiger partial charge in [-0.1, -0.05) is 25.1 Å². The third-order valence-electron chi connectivity index (χ3n) is 3.23. The van der Waals surface area contributed by atoms with Crippen molar-refractivity contribution >= 4 is 28.3 Å². The predicted octanol–water partition coefficient (Wildman–Crippen LogP) is 3.70. The molecule has 2 aromatic rings. The number of alkyl halides is 1. The highest BCUT2D eigenvalue weighted by Gasteiger charge is 2.12. The molecule has 0 atom stereocenters. The second-order valence-electron chi connectivity index (χ2n) is 4.74. The zero-order valence-corrected chi connectivity index (χ0v) is 12.0. The molecule has 1 heterocycles. The van der Waals surface area contributed by atoms with Gasteiger partial charge in [-0.3, -0.25) is 9.13 Å². The molecule has 19 heavy (non-hydrogen) atoms. The summed E-state index contributed by atoms with van der Waals surface area (Å²) in [6.45, 7) is 6.48. The van der Waals surface area contributed by atoms with Gasteiger partial charge < -0.3 is 0 Å². The van der Waals surface area contributed by atoms with Gasteiger partial charge in [0.15, 0.2) is 0 Å². The molecule has 0 saturated heterocycles. The molecule has 0 radical (unpaired) electrons. The van der Waals surface area contributed by atoms with Crippen LogP contribution in [0.25, 0.3) is 16.7 Å². The number of benzene rings is 1. The van der Waals surface area contributed by atoms with E-state index in [1.54, 1.807) is 4.57 Å². The van der Waals surface area contributed by atoms with Crippen molar-refractivity contribution in [3.05, 3.63) is 41.3 Å². The van der Waals surface area contributed by atoms with Crippen LogP contribution in [0.2, 0.25) is 0 Å². The van der Waals surface area contributed by atoms with Crippen molar-refractivity contribution in [3.8, 4) is 0 Å². The molecule has 1 aromatic carbocycles. The van der Waals surface area contributed by atoms with Gasteiger partial charge in [0.05, 0.1) is 11.0 Å². The molecule has 102 valence electrons. The van der Waals surface area contributed by atoms with Crippen LogP contribution in [0, 0.1) is 0 Å². The molecule has 0 fully saturated rings. The smallest absolute Gasteiger partial charge is 0.292 e. The molecule has 3 nitrogen and oxygen atoms in total. The first-order valence-corrected chi connectivity index (χ1v) is 7.12. The standard InChI is InChI=1S/C15H19ClN2O/c1-12(2)18-14-9-5-4-8-13(14)17(15(18)19)11-7-3-6-10-16/h4-5,8-9H,1,3,6-7,10-11H2,2H3. The first kappa shape index (κ1) is 13.9. The molecule has 0 amide bonds. The van der Waals surface area contributed by atoms with Crippen molar-refractivity contribution in [3.63, 3.8) is 0 Å². The summed E-state index contributed by atoms with van der Waals surface area (Å²) >= 11 is 5.67. The van der Waals surface area contributed by atoms with E-state index in [1.165, 1.54) is 0 Å². The number of rotatable bonds is 6. The summed E-state index contributed by atoms with van der Waals surface area (Å²) in [4.78, 5) is 12.4. The average molecular weight is 279 g/mol. The molecule has 0 aliphatic carbocycles. The number of para-hydroxylation sites is 2. The number of fused-ring (bicyclic) bond motifs is 1. The van der Waals surface area contributed by atoms with Crippen molar-refractivity contribution in [2.24, 2.45) is 0 Å². The SMILES string of the molecule is C=C(C)n1c(=O)n(CCCCCCl)c2ccccc21. The largest absolute Gasteiger partial charge is 0.333 e. The summed E-state index contributed by atoms with van der Waals surface area (Å²) in [6, 6.07) is 7.84. The van der Waals surface area contributed by atoms with Crippen LogP contribution in [-0.4, -0.2) is 15.0 Å². The fraction of sp³-hybridized carbons (Fsp3) is 0.400. The van der Waals surface area contributed by atoms with E-state index in [1.807, 2.05) is 35.8 Å². The topological polar surface area (TPSA) is 26.9 Å². The van der Waals surface area contributed by atoms with Crippen molar-refractivity contribution in [1.82, 2.24) is 9.13 Å². The minimum atomic E-state index is -0.000395. The summed E-state index contributed by atoms with van der Waals surface area (Å²) in [5.74, 6) is 0.683. The summed E-state index contributed by atoms with van der Waals surface area (Å²) in [7, 11) is 0. The minimum absolute atomic E-state index is 0.000395. The Kier molecular flexibility index (Phi) is 4.48. The van der Waals surface area contributed by atoms with Crippen LogP contribution in [0.1, 0.15) is 26.2 Å². The fourth-order valence-electron chi connectivity index (χ4n) is 2.33. The van der Waals surface area contributed by atoms with Gasteiger partial charge in [-0.25, -0.2) is 4.79 Å². The Bertz CT molecular complexity index is 639. The number of hydrogen-bond acceptors (Lipinski definition) is 1. The van der Waals surface area contributed by atoms with Crippen LogP contribution in [0.15, 0.2) is 35.6 Å². The monoisotopic (exact) mass is 278 g/mol. The average Bonchev–Trinajstić information content (AvgIpc) is 2.67. The summed E-state index contributed by atoms with van der Waals surface area (Å²) in [5.41, 5.74) is 2.65. The van der Waals surface area contributed by atoms with Gasteiger partial charge >= 0.3 is 5.69 Å². The quantitative estimate of drug-likeness (QED) is 0.585. The third kappa shape index (κ3) is 2.76. The van der Waals surface area contributed by atoms with Gasteiger partial charge in [0.2, 0.25) is 0 Å². The van der Waals surface area contributed by atoms with E-state index in [4.69, 9.17) is 11.6 Å². The second kappa shape index (κ2) is 6.11. The second-order valence-corrected chi connectivity index (χ2v) is 5.12. The number of aryl methyl sites for hydroxylation is 1. The number of imidazole rings is 1. The molecule has 4 heteroatoms. The van der Waals surface area contributed by atoms with Gasteiger partial charge in [0.1, 0.15) is 0 Å². The number of halogens is 1. The van der Waals surface area contributed by atoms with Crippen molar-refractivity contribution in [2.75, 3.05) is 5.88 Å². The Balaban J connectivity index is 2.40. The molecule has 0 saturated carbocycles. The molecule has 2 rings (SSSR count). The molecule has 0 spiro atoms. The van der Waals surface area contributed by atoms with Crippen molar-refractivity contribution in [2.45, 2.75) is 32.7 Å². The third-order valence-corrected chi connectivity index (χ3v) is 3.50. The maximum Gasteiger partial charge on any atom is 0.333 e. The molecule has 0 aliphatic heterocycles. The summed E-state index contributed by atoms with van der Waals surface area (Å²) < 4.78 is 3.51. The highest BCUT2D eigenvalue weighted by molar-refractivity contribution is 6.17. The van der Waals surface area contributed by atoms with E-state index < -0.39 is 0 Å². The van der Waals surface area contributed by atoms with E-state index in [2.05, 4.69) is 6.58 Å². The summed E-state index contributed by atoms with van der Waals surface area (Å²) in [5, 5.41) is 0. The molecule has 0 N–H and O–H groups in total. The molecule has 0 aliphatic rings. The van der Waals surface area contributed by atoms with E-state index in [0.29, 0.717) is 5.88 Å². The first-order chi connectivity index (χ1) is 9.16. The van der Waals surface area contributed by atoms with Gasteiger partial charge in [-0.2, -0.15) is 0 Å². The zero-order chi connectivity index (χ0) is 13.8. The molecular weight excluding hydrogens is 260 g/mol. The zero-order valence-electron chi connectivity index (χ0n) is 11.2. The van der Waals surface area contributed by atoms with E-state index in [9.17, 15) is 4.79 Å². The number of hydrogen-bond donors (Lipinski definition) is 0. The molecule has 0 unspecified atom stereocenters. The Morgan fingerprint density at radius 2 is 1.89 bits per heavy atom. The lowest BCUT2D eigenvalue weighted by atomic mass is 10.2. The van der Waals surface area contributed by atoms with Crippen LogP contribution in [0.5, 0.6) is 0 Å². The predicted molar refractivity (Wildman–Crippen MR) is 81.8 cm³/mol. The van der Waals surface area contributed by atoms with E-state index in [0.717, 1.165) is 42.5 Å². The fourth-order valence-corrected chi connectivity index (χ4v) is 2.52. The molecule has 1 aromatic heterocycles. The Morgan fingerprint density at radius 3 is 2.53 bits per heavy atom. The Hall–Kier alpha value is -1.48. The van der Waals surface area contributed by atoms with Gasteiger partial charge in [-0.05, 0) is 31.9 Å². The molecular formula is C15H19ClN2O. The minimum Gasteiger partial charge on any atom is -0.292 e. The van der Waals surface area contributed by atoms with Crippen LogP contribution in [0.4, 0.5) is 0 Å². The number of nitrogens with zero attached hydrogens (tertiary/aromatic N) is 2. The van der Waals surface area contributed by atoms with Crippen LogP contribution >= 0.6 is 11.6 Å². The van der Waals surface area contributed by atoms with Crippen LogP contribution in [-0.2, 0) is 6.54 Å². The number of unbranched alkanes of at least 4 members (excludes halogenated alkanes) is 2. The van der Waals surface area contributed by atoms with Gasteiger partial charge in [0.25, 0.3) is 0 Å². The Labute approximate surface area is 118 Å². The Morgan fingerprint density at radius 1 is 1.21 bits per heavy atom. The highest BCUT2D eigenvalue weighted by atomic mass is 35.5. The highest BCUT2D eigenvalue weighted by Crippen LogP contribution is 2.16. The normalized spacial score (nSPS) is 11.1. The van der Waals surface area contributed by atoms with E-state index >= 15 is 0 Å². The maximum atomic E-state index is 12.4. The summed E-state index contributed by atoms with van der Waals surface area (Å²) in [6.07, 6.45) is 3.01. The van der Waals surface area contributed by atoms with E-state index in [-0.39, 0.29) is 5.69 Å². The lowest BCUT2D eigenvalue weighted by Crippen LogP contribution is -2.23. The number of allylic oxidation sites excluding steroid dienone is 1. The van der Waals surface area contributed by atoms with Crippen LogP contribution in [0.3, 0.4) is 0 Å². The van der Waals surface area contributed by atoms with Gasteiger partial charge in [-0.15, -0.1) is 11.6 Å². The van der Waals surface area contributed by atoms with Gasteiger partial charge in [0, 0.05) is 18.1 Å². The van der Waals surface area contributed by atoms with Crippen molar-refractivity contribution < 1.29 is 0 Å². The van der Waals surface area contributed by atoms with Crippen molar-refractivity contribution in [1.29, 1.82) is 0 Å².